The maximum absolute atomic E-state index is 11.9. The molecule has 0 saturated heterocycles. The molecule has 112 valence electrons. The van der Waals surface area contributed by atoms with Crippen molar-refractivity contribution in [2.75, 3.05) is 14.2 Å². The number of halogens is 1. The molecule has 3 rings (SSSR count). The van der Waals surface area contributed by atoms with E-state index in [-0.39, 0.29) is 5.69 Å². The highest BCUT2D eigenvalue weighted by atomic mass is 79.9. The van der Waals surface area contributed by atoms with Gasteiger partial charge in [0, 0.05) is 10.7 Å². The number of nitrogens with one attached hydrogen (secondary N) is 1. The van der Waals surface area contributed by atoms with Gasteiger partial charge < -0.3 is 9.47 Å². The lowest BCUT2D eigenvalue weighted by Crippen LogP contribution is -2.02. The summed E-state index contributed by atoms with van der Waals surface area (Å²) >= 11 is 3.46. The number of H-pyrrole nitrogens is 1. The van der Waals surface area contributed by atoms with Crippen molar-refractivity contribution in [1.82, 2.24) is 15.2 Å². The number of carbonyl (C=O) groups excluding carboxylic acids is 1. The number of esters is 1. The first-order valence-electron chi connectivity index (χ1n) is 6.40. The maximum atomic E-state index is 11.9. The number of rotatable bonds is 3. The lowest BCUT2D eigenvalue weighted by molar-refractivity contribution is 0.0596. The second-order valence-corrected chi connectivity index (χ2v) is 5.44. The van der Waals surface area contributed by atoms with Crippen LogP contribution in [0, 0.1) is 0 Å². The van der Waals surface area contributed by atoms with Gasteiger partial charge in [0.15, 0.2) is 11.3 Å². The number of aromatic amines is 1. The Labute approximate surface area is 134 Å². The van der Waals surface area contributed by atoms with Crippen LogP contribution in [0.5, 0.6) is 5.75 Å². The lowest BCUT2D eigenvalue weighted by atomic mass is 10.0. The molecule has 1 N–H and O–H groups in total. The molecular formula is C15H12BrN3O3. The van der Waals surface area contributed by atoms with Crippen molar-refractivity contribution in [3.63, 3.8) is 0 Å². The van der Waals surface area contributed by atoms with Crippen molar-refractivity contribution in [2.24, 2.45) is 0 Å². The smallest absolute Gasteiger partial charge is 0.359 e. The summed E-state index contributed by atoms with van der Waals surface area (Å²) in [5.41, 5.74) is 2.43. The summed E-state index contributed by atoms with van der Waals surface area (Å²) in [5.74, 6) is 0.194. The van der Waals surface area contributed by atoms with E-state index in [2.05, 4.69) is 31.1 Å². The third-order valence-corrected chi connectivity index (χ3v) is 3.72. The topological polar surface area (TPSA) is 77.1 Å². The zero-order valence-electron chi connectivity index (χ0n) is 11.9. The summed E-state index contributed by atoms with van der Waals surface area (Å²) in [5, 5.41) is 7.38. The van der Waals surface area contributed by atoms with Gasteiger partial charge in [0.25, 0.3) is 0 Å². The Morgan fingerprint density at radius 2 is 2.09 bits per heavy atom. The van der Waals surface area contributed by atoms with Gasteiger partial charge in [0.1, 0.15) is 5.75 Å². The van der Waals surface area contributed by atoms with E-state index < -0.39 is 5.97 Å². The second-order valence-electron chi connectivity index (χ2n) is 4.53. The number of aromatic nitrogens is 3. The first-order valence-corrected chi connectivity index (χ1v) is 7.19. The normalized spacial score (nSPS) is 10.7. The number of carbonyl (C=O) groups is 1. The Balaban J connectivity index is 2.29. The third-order valence-electron chi connectivity index (χ3n) is 3.26. The van der Waals surface area contributed by atoms with Gasteiger partial charge in [-0.25, -0.2) is 9.78 Å². The van der Waals surface area contributed by atoms with E-state index in [9.17, 15) is 4.79 Å². The summed E-state index contributed by atoms with van der Waals surface area (Å²) < 4.78 is 10.9. The Morgan fingerprint density at radius 3 is 2.82 bits per heavy atom. The van der Waals surface area contributed by atoms with E-state index in [1.807, 2.05) is 24.3 Å². The molecule has 0 aliphatic heterocycles. The fraction of sp³-hybridized carbons (Fsp3) is 0.133. The number of hydrogen-bond donors (Lipinski definition) is 1. The van der Waals surface area contributed by atoms with Crippen molar-refractivity contribution in [3.8, 4) is 16.9 Å². The van der Waals surface area contributed by atoms with Crippen molar-refractivity contribution in [3.05, 3.63) is 40.6 Å². The SMILES string of the molecule is COC(=O)c1n[nH]c2nccc(-c3cc(Br)cc(OC)c3)c12. The number of benzene rings is 1. The minimum absolute atomic E-state index is 0.208. The monoisotopic (exact) mass is 361 g/mol. The molecule has 0 aliphatic carbocycles. The van der Waals surface area contributed by atoms with Gasteiger partial charge in [-0.15, -0.1) is 0 Å². The molecule has 0 atom stereocenters. The molecule has 0 amide bonds. The molecule has 0 aliphatic rings. The molecule has 2 heterocycles. The number of pyridine rings is 1. The number of fused-ring (bicyclic) bond motifs is 1. The molecule has 1 aromatic carbocycles. The van der Waals surface area contributed by atoms with Crippen molar-refractivity contribution >= 4 is 32.9 Å². The van der Waals surface area contributed by atoms with Gasteiger partial charge in [-0.2, -0.15) is 5.10 Å². The second kappa shape index (κ2) is 5.76. The molecular weight excluding hydrogens is 350 g/mol. The van der Waals surface area contributed by atoms with E-state index in [1.165, 1.54) is 7.11 Å². The van der Waals surface area contributed by atoms with Crippen LogP contribution in [0.25, 0.3) is 22.2 Å². The lowest BCUT2D eigenvalue weighted by Gasteiger charge is -2.08. The number of hydrogen-bond acceptors (Lipinski definition) is 5. The van der Waals surface area contributed by atoms with Crippen molar-refractivity contribution < 1.29 is 14.3 Å². The highest BCUT2D eigenvalue weighted by Crippen LogP contribution is 2.33. The van der Waals surface area contributed by atoms with Crippen LogP contribution in [0.2, 0.25) is 0 Å². The van der Waals surface area contributed by atoms with Gasteiger partial charge in [0.05, 0.1) is 19.6 Å². The molecule has 0 unspecified atom stereocenters. The number of nitrogens with zero attached hydrogens (tertiary/aromatic N) is 2. The molecule has 0 fully saturated rings. The first-order chi connectivity index (χ1) is 10.6. The average Bonchev–Trinajstić information content (AvgIpc) is 2.97. The van der Waals surface area contributed by atoms with E-state index in [1.54, 1.807) is 13.3 Å². The maximum Gasteiger partial charge on any atom is 0.359 e. The molecule has 3 aromatic rings. The predicted molar refractivity (Wildman–Crippen MR) is 84.9 cm³/mol. The summed E-state index contributed by atoms with van der Waals surface area (Å²) in [6, 6.07) is 7.50. The summed E-state index contributed by atoms with van der Waals surface area (Å²) in [6.07, 6.45) is 1.66. The molecule has 0 bridgehead atoms. The quantitative estimate of drug-likeness (QED) is 0.725. The van der Waals surface area contributed by atoms with Crippen LogP contribution in [-0.4, -0.2) is 35.4 Å². The summed E-state index contributed by atoms with van der Waals surface area (Å²) in [4.78, 5) is 16.1. The van der Waals surface area contributed by atoms with Crippen LogP contribution in [0.3, 0.4) is 0 Å². The molecule has 0 saturated carbocycles. The number of methoxy groups -OCH3 is 2. The van der Waals surface area contributed by atoms with Gasteiger partial charge >= 0.3 is 5.97 Å². The van der Waals surface area contributed by atoms with Crippen LogP contribution in [0.15, 0.2) is 34.9 Å². The molecule has 7 heteroatoms. The van der Waals surface area contributed by atoms with Gasteiger partial charge in [-0.3, -0.25) is 5.10 Å². The zero-order valence-corrected chi connectivity index (χ0v) is 13.5. The molecule has 2 aromatic heterocycles. The van der Waals surface area contributed by atoms with Crippen LogP contribution in [0.1, 0.15) is 10.5 Å². The van der Waals surface area contributed by atoms with Crippen LogP contribution in [0.4, 0.5) is 0 Å². The van der Waals surface area contributed by atoms with Crippen molar-refractivity contribution in [2.45, 2.75) is 0 Å². The van der Waals surface area contributed by atoms with Gasteiger partial charge in [-0.1, -0.05) is 15.9 Å². The number of ether oxygens (including phenoxy) is 2. The Morgan fingerprint density at radius 1 is 1.27 bits per heavy atom. The highest BCUT2D eigenvalue weighted by molar-refractivity contribution is 9.10. The van der Waals surface area contributed by atoms with Gasteiger partial charge in [-0.05, 0) is 35.4 Å². The standard InChI is InChI=1S/C15H12BrN3O3/c1-21-10-6-8(5-9(16)7-10)11-3-4-17-14-12(11)13(18-19-14)15(20)22-2/h3-7H,1-2H3,(H,17,18,19). The third kappa shape index (κ3) is 2.43. The van der Waals surface area contributed by atoms with Crippen LogP contribution < -0.4 is 4.74 Å². The van der Waals surface area contributed by atoms with E-state index in [0.717, 1.165) is 15.6 Å². The van der Waals surface area contributed by atoms with Crippen LogP contribution >= 0.6 is 15.9 Å². The highest BCUT2D eigenvalue weighted by Gasteiger charge is 2.19. The minimum atomic E-state index is -0.512. The Kier molecular flexibility index (Phi) is 3.81. The molecule has 0 radical (unpaired) electrons. The molecule has 22 heavy (non-hydrogen) atoms. The molecule has 0 spiro atoms. The van der Waals surface area contributed by atoms with Crippen molar-refractivity contribution in [1.29, 1.82) is 0 Å². The largest absolute Gasteiger partial charge is 0.497 e. The Hall–Kier alpha value is -2.41. The summed E-state index contributed by atoms with van der Waals surface area (Å²) in [6.45, 7) is 0. The van der Waals surface area contributed by atoms with E-state index in [0.29, 0.717) is 16.8 Å². The zero-order chi connectivity index (χ0) is 15.7. The molecule has 6 nitrogen and oxygen atoms in total. The van der Waals surface area contributed by atoms with E-state index in [4.69, 9.17) is 9.47 Å². The fourth-order valence-corrected chi connectivity index (χ4v) is 2.74. The fourth-order valence-electron chi connectivity index (χ4n) is 2.27. The van der Waals surface area contributed by atoms with Gasteiger partial charge in [0.2, 0.25) is 0 Å². The van der Waals surface area contributed by atoms with E-state index >= 15 is 0 Å². The minimum Gasteiger partial charge on any atom is -0.497 e. The van der Waals surface area contributed by atoms with Crippen LogP contribution in [-0.2, 0) is 4.74 Å². The Bertz CT molecular complexity index is 860. The average molecular weight is 362 g/mol. The predicted octanol–water partition coefficient (Wildman–Crippen LogP) is 3.18. The first kappa shape index (κ1) is 14.5. The summed E-state index contributed by atoms with van der Waals surface area (Å²) in [7, 11) is 2.92.